The van der Waals surface area contributed by atoms with E-state index < -0.39 is 90.6 Å². The van der Waals surface area contributed by atoms with Gasteiger partial charge in [-0.05, 0) is 54.0 Å². The lowest BCUT2D eigenvalue weighted by molar-refractivity contribution is 0.669. The van der Waals surface area contributed by atoms with Crippen LogP contribution in [0.25, 0.3) is 117 Å². The fraction of sp³-hybridized carbons (Fsp3) is 0. The van der Waals surface area contributed by atoms with Crippen LogP contribution in [-0.2, 0) is 0 Å². The summed E-state index contributed by atoms with van der Waals surface area (Å²) in [6, 6.07) is 18.6. The molecule has 8 aromatic carbocycles. The Labute approximate surface area is 347 Å². The third-order valence-electron chi connectivity index (χ3n) is 10.0. The van der Waals surface area contributed by atoms with Gasteiger partial charge in [-0.3, -0.25) is 0 Å². The molecule has 57 heavy (non-hydrogen) atoms. The SMILES string of the molecule is [2H]c1c([2H])c([2H])c2c(oc3c(-c4cccc(-c5nc(-c6ccccc6-n6c7c([2H])c([2H])c([2H])c([2H])c7c7c([2H])c([2H])c([2H])c([2H])c76)nc(-c6cccc7c6oc6ccccc67)n5)c4)c([2H])c([2H])c([2H])c32)c1[2H]. The molecule has 0 spiro atoms. The standard InChI is InChI=1S/C51H30N4O2/c1-6-25-42-34(16-1)35-17-2-7-26-43(35)55(42)44-27-8-3-20-40(44)50-52-49(53-51(54-50)41-24-13-23-39-37-19-5-10-29-46(37)57-48(39)41)32-15-11-14-31(30-32)33-21-12-22-38-36-18-4-9-28-45(36)56-47(33)38/h1-30H/i1D,2D,4D,6D,7D,9D,12D,16D,17D,18D,21D,22D,25D,26D,28D. The van der Waals surface area contributed by atoms with Crippen LogP contribution in [0.5, 0.6) is 0 Å². The quantitative estimate of drug-likeness (QED) is 0.175. The van der Waals surface area contributed by atoms with Crippen LogP contribution in [0.15, 0.2) is 190 Å². The molecule has 0 bridgehead atoms. The van der Waals surface area contributed by atoms with Crippen LogP contribution in [0.3, 0.4) is 0 Å². The van der Waals surface area contributed by atoms with Gasteiger partial charge in [0.1, 0.15) is 22.3 Å². The van der Waals surface area contributed by atoms with Gasteiger partial charge in [0.15, 0.2) is 17.5 Å². The molecule has 0 N–H and O–H groups in total. The Bertz CT molecular complexity index is 4350. The molecule has 12 aromatic rings. The maximum atomic E-state index is 9.18. The fourth-order valence-corrected chi connectivity index (χ4v) is 7.53. The number of nitrogens with zero attached hydrogens (tertiary/aromatic N) is 4. The van der Waals surface area contributed by atoms with Gasteiger partial charge in [-0.1, -0.05) is 133 Å². The number of para-hydroxylation sites is 7. The highest BCUT2D eigenvalue weighted by atomic mass is 16.3. The van der Waals surface area contributed by atoms with Crippen LogP contribution in [-0.4, -0.2) is 19.5 Å². The number of aromatic nitrogens is 4. The first-order valence-corrected chi connectivity index (χ1v) is 17.8. The van der Waals surface area contributed by atoms with Crippen LogP contribution in [0.1, 0.15) is 20.6 Å². The van der Waals surface area contributed by atoms with Crippen molar-refractivity contribution in [2.24, 2.45) is 0 Å². The molecule has 0 aliphatic carbocycles. The maximum absolute atomic E-state index is 9.18. The van der Waals surface area contributed by atoms with E-state index in [0.717, 1.165) is 10.8 Å². The van der Waals surface area contributed by atoms with Gasteiger partial charge in [0, 0.05) is 49.0 Å². The van der Waals surface area contributed by atoms with E-state index in [9.17, 15) is 2.74 Å². The maximum Gasteiger partial charge on any atom is 0.167 e. The summed E-state index contributed by atoms with van der Waals surface area (Å²) >= 11 is 0. The molecule has 6 nitrogen and oxygen atoms in total. The smallest absolute Gasteiger partial charge is 0.167 e. The molecule has 0 radical (unpaired) electrons. The van der Waals surface area contributed by atoms with E-state index in [1.807, 2.05) is 36.4 Å². The largest absolute Gasteiger partial charge is 0.455 e. The van der Waals surface area contributed by atoms with Crippen molar-refractivity contribution < 1.29 is 29.4 Å². The molecular weight excluding hydrogens is 701 g/mol. The topological polar surface area (TPSA) is 69.9 Å². The minimum atomic E-state index is -0.583. The first-order valence-electron chi connectivity index (χ1n) is 25.3. The van der Waals surface area contributed by atoms with Crippen molar-refractivity contribution in [2.45, 2.75) is 0 Å². The lowest BCUT2D eigenvalue weighted by Gasteiger charge is -2.15. The molecular formula is C51H30N4O2. The van der Waals surface area contributed by atoms with Gasteiger partial charge in [0.25, 0.3) is 0 Å². The molecule has 0 aliphatic heterocycles. The second-order valence-corrected chi connectivity index (χ2v) is 13.2. The van der Waals surface area contributed by atoms with E-state index in [1.54, 1.807) is 54.6 Å². The number of hydrogen-bond donors (Lipinski definition) is 0. The van der Waals surface area contributed by atoms with Crippen molar-refractivity contribution in [3.63, 3.8) is 0 Å². The molecule has 4 aromatic heterocycles. The average molecular weight is 746 g/mol. The molecule has 0 unspecified atom stereocenters. The van der Waals surface area contributed by atoms with Crippen LogP contribution in [0.2, 0.25) is 0 Å². The summed E-state index contributed by atoms with van der Waals surface area (Å²) in [6.45, 7) is 0. The normalized spacial score (nSPS) is 15.5. The predicted molar refractivity (Wildman–Crippen MR) is 230 cm³/mol. The van der Waals surface area contributed by atoms with Crippen molar-refractivity contribution in [1.82, 2.24) is 19.5 Å². The van der Waals surface area contributed by atoms with Crippen LogP contribution >= 0.6 is 0 Å². The van der Waals surface area contributed by atoms with E-state index in [0.29, 0.717) is 27.9 Å². The monoisotopic (exact) mass is 745 g/mol. The Kier molecular flexibility index (Phi) is 4.37. The zero-order valence-electron chi connectivity index (χ0n) is 44.3. The predicted octanol–water partition coefficient (Wildman–Crippen LogP) is 13.4. The Balaban J connectivity index is 1.16. The van der Waals surface area contributed by atoms with Crippen LogP contribution in [0, 0.1) is 0 Å². The lowest BCUT2D eigenvalue weighted by Crippen LogP contribution is -2.03. The molecule has 0 aliphatic rings. The zero-order valence-corrected chi connectivity index (χ0v) is 29.3. The average Bonchev–Trinajstić information content (AvgIpc) is 4.10. The van der Waals surface area contributed by atoms with Gasteiger partial charge in [-0.15, -0.1) is 0 Å². The summed E-state index contributed by atoms with van der Waals surface area (Å²) in [7, 11) is 0. The number of hydrogen-bond acceptors (Lipinski definition) is 5. The summed E-state index contributed by atoms with van der Waals surface area (Å²) in [6.07, 6.45) is 0. The molecule has 6 heteroatoms. The Morgan fingerprint density at radius 1 is 0.404 bits per heavy atom. The van der Waals surface area contributed by atoms with Crippen molar-refractivity contribution in [2.75, 3.05) is 0 Å². The van der Waals surface area contributed by atoms with Gasteiger partial charge in [0.2, 0.25) is 0 Å². The second kappa shape index (κ2) is 12.3. The van der Waals surface area contributed by atoms with Crippen molar-refractivity contribution in [3.05, 3.63) is 182 Å². The molecule has 0 atom stereocenters. The van der Waals surface area contributed by atoms with Crippen molar-refractivity contribution >= 4 is 65.7 Å². The second-order valence-electron chi connectivity index (χ2n) is 13.2. The summed E-state index contributed by atoms with van der Waals surface area (Å²) in [5.74, 6) is 0.222. The van der Waals surface area contributed by atoms with Gasteiger partial charge in [0.05, 0.1) is 42.8 Å². The van der Waals surface area contributed by atoms with Gasteiger partial charge in [-0.25, -0.2) is 15.0 Å². The number of benzene rings is 8. The highest BCUT2D eigenvalue weighted by Gasteiger charge is 2.21. The summed E-state index contributed by atoms with van der Waals surface area (Å²) < 4.78 is 146. The Hall–Kier alpha value is -7.83. The molecule has 266 valence electrons. The third kappa shape index (κ3) is 4.87. The Morgan fingerprint density at radius 3 is 1.86 bits per heavy atom. The van der Waals surface area contributed by atoms with Crippen LogP contribution < -0.4 is 0 Å². The number of rotatable bonds is 5. The summed E-state index contributed by atoms with van der Waals surface area (Å²) in [5, 5.41) is 1.24. The number of fused-ring (bicyclic) bond motifs is 9. The first-order chi connectivity index (χ1) is 34.5. The van der Waals surface area contributed by atoms with Crippen molar-refractivity contribution in [1.29, 1.82) is 0 Å². The zero-order chi connectivity index (χ0) is 50.5. The molecule has 0 amide bonds. The number of furan rings is 2. The summed E-state index contributed by atoms with van der Waals surface area (Å²) in [4.78, 5) is 15.1. The molecule has 0 saturated carbocycles. The molecule has 12 rings (SSSR count). The van der Waals surface area contributed by atoms with Gasteiger partial charge >= 0.3 is 0 Å². The van der Waals surface area contributed by atoms with Crippen LogP contribution in [0.4, 0.5) is 0 Å². The third-order valence-corrected chi connectivity index (χ3v) is 10.0. The van der Waals surface area contributed by atoms with E-state index in [2.05, 4.69) is 0 Å². The molecule has 0 fully saturated rings. The molecule has 0 saturated heterocycles. The Morgan fingerprint density at radius 2 is 1.00 bits per heavy atom. The summed E-state index contributed by atoms with van der Waals surface area (Å²) in [5.41, 5.74) is 2.13. The van der Waals surface area contributed by atoms with Crippen molar-refractivity contribution in [3.8, 4) is 51.0 Å². The first kappa shape index (κ1) is 20.2. The minimum absolute atomic E-state index is 0.0250. The van der Waals surface area contributed by atoms with E-state index in [4.69, 9.17) is 41.6 Å². The minimum Gasteiger partial charge on any atom is -0.455 e. The fourth-order valence-electron chi connectivity index (χ4n) is 7.53. The van der Waals surface area contributed by atoms with E-state index in [-0.39, 0.29) is 78.0 Å². The van der Waals surface area contributed by atoms with E-state index in [1.165, 1.54) is 4.57 Å². The van der Waals surface area contributed by atoms with Gasteiger partial charge in [-0.2, -0.15) is 0 Å². The molecule has 4 heterocycles. The lowest BCUT2D eigenvalue weighted by atomic mass is 10.00. The van der Waals surface area contributed by atoms with E-state index >= 15 is 0 Å². The highest BCUT2D eigenvalue weighted by molar-refractivity contribution is 6.11. The van der Waals surface area contributed by atoms with Gasteiger partial charge < -0.3 is 13.4 Å². The highest BCUT2D eigenvalue weighted by Crippen LogP contribution is 2.40.